The summed E-state index contributed by atoms with van der Waals surface area (Å²) in [4.78, 5) is 10.6. The number of nitrogens with two attached hydrogens (primary N) is 1. The molecule has 0 saturated heterocycles. The highest BCUT2D eigenvalue weighted by Crippen LogP contribution is 2.13. The molecule has 0 aromatic carbocycles. The molecule has 0 radical (unpaired) electrons. The van der Waals surface area contributed by atoms with Gasteiger partial charge < -0.3 is 10.5 Å². The van der Waals surface area contributed by atoms with Gasteiger partial charge in [0.25, 0.3) is 0 Å². The summed E-state index contributed by atoms with van der Waals surface area (Å²) in [5, 5.41) is 0. The number of cyclic esters (lactones) is 1. The van der Waals surface area contributed by atoms with Gasteiger partial charge >= 0.3 is 5.97 Å². The molecule has 1 aliphatic rings. The standard InChI is InChI=1S/C7H11NO2/c1-5-2-3-7(9)10-6(5)4-8/h2-3,5-6H,4,8H2,1H3/t5-,6-/m0/s1. The van der Waals surface area contributed by atoms with Crippen LogP contribution in [0.15, 0.2) is 12.2 Å². The van der Waals surface area contributed by atoms with Crippen molar-refractivity contribution in [3.8, 4) is 0 Å². The lowest BCUT2D eigenvalue weighted by molar-refractivity contribution is -0.145. The van der Waals surface area contributed by atoms with Crippen molar-refractivity contribution in [3.63, 3.8) is 0 Å². The van der Waals surface area contributed by atoms with Gasteiger partial charge in [0.05, 0.1) is 0 Å². The fourth-order valence-corrected chi connectivity index (χ4v) is 0.913. The molecule has 0 spiro atoms. The van der Waals surface area contributed by atoms with Crippen molar-refractivity contribution in [1.82, 2.24) is 0 Å². The molecule has 2 N–H and O–H groups in total. The first-order valence-corrected chi connectivity index (χ1v) is 3.33. The monoisotopic (exact) mass is 141 g/mol. The van der Waals surface area contributed by atoms with Crippen molar-refractivity contribution in [2.24, 2.45) is 11.7 Å². The van der Waals surface area contributed by atoms with Crippen molar-refractivity contribution in [1.29, 1.82) is 0 Å². The highest BCUT2D eigenvalue weighted by molar-refractivity contribution is 5.82. The van der Waals surface area contributed by atoms with E-state index in [9.17, 15) is 4.79 Å². The van der Waals surface area contributed by atoms with Crippen molar-refractivity contribution in [3.05, 3.63) is 12.2 Å². The SMILES string of the molecule is C[C@H]1C=CC(=O)O[C@H]1CN. The third-order valence-electron chi connectivity index (χ3n) is 1.62. The topological polar surface area (TPSA) is 52.3 Å². The summed E-state index contributed by atoms with van der Waals surface area (Å²) in [5.41, 5.74) is 5.34. The van der Waals surface area contributed by atoms with E-state index in [0.29, 0.717) is 6.54 Å². The Kier molecular flexibility index (Phi) is 2.06. The Balaban J connectivity index is 2.62. The summed E-state index contributed by atoms with van der Waals surface area (Å²) in [6, 6.07) is 0. The van der Waals surface area contributed by atoms with E-state index in [2.05, 4.69) is 0 Å². The number of ether oxygens (including phenoxy) is 1. The van der Waals surface area contributed by atoms with Crippen LogP contribution in [0, 0.1) is 5.92 Å². The van der Waals surface area contributed by atoms with Gasteiger partial charge in [-0.3, -0.25) is 0 Å². The summed E-state index contributed by atoms with van der Waals surface area (Å²) >= 11 is 0. The van der Waals surface area contributed by atoms with E-state index in [0.717, 1.165) is 0 Å². The van der Waals surface area contributed by atoms with E-state index in [1.54, 1.807) is 0 Å². The van der Waals surface area contributed by atoms with Crippen molar-refractivity contribution < 1.29 is 9.53 Å². The molecule has 0 fully saturated rings. The van der Waals surface area contributed by atoms with E-state index in [1.807, 2.05) is 13.0 Å². The Bertz CT molecular complexity index is 165. The fraction of sp³-hybridized carbons (Fsp3) is 0.571. The minimum Gasteiger partial charge on any atom is -0.457 e. The number of carbonyl (C=O) groups is 1. The number of esters is 1. The van der Waals surface area contributed by atoms with Gasteiger partial charge in [-0.2, -0.15) is 0 Å². The molecule has 0 amide bonds. The zero-order valence-electron chi connectivity index (χ0n) is 5.91. The molecule has 1 heterocycles. The maximum absolute atomic E-state index is 10.6. The van der Waals surface area contributed by atoms with Gasteiger partial charge in [-0.1, -0.05) is 13.0 Å². The number of rotatable bonds is 1. The van der Waals surface area contributed by atoms with Crippen LogP contribution in [0.1, 0.15) is 6.92 Å². The fourth-order valence-electron chi connectivity index (χ4n) is 0.913. The van der Waals surface area contributed by atoms with Crippen LogP contribution in [0.4, 0.5) is 0 Å². The quantitative estimate of drug-likeness (QED) is 0.525. The second-order valence-corrected chi connectivity index (χ2v) is 2.43. The molecule has 2 atom stereocenters. The van der Waals surface area contributed by atoms with Gasteiger partial charge in [-0.15, -0.1) is 0 Å². The van der Waals surface area contributed by atoms with Gasteiger partial charge in [-0.05, 0) is 0 Å². The molecule has 0 saturated carbocycles. The molecule has 1 aliphatic heterocycles. The van der Waals surface area contributed by atoms with Crippen LogP contribution < -0.4 is 5.73 Å². The van der Waals surface area contributed by atoms with Crippen LogP contribution in [0.2, 0.25) is 0 Å². The third kappa shape index (κ3) is 1.36. The molecule has 0 aromatic heterocycles. The molecule has 3 heteroatoms. The lowest BCUT2D eigenvalue weighted by Crippen LogP contribution is -2.33. The maximum atomic E-state index is 10.6. The van der Waals surface area contributed by atoms with Gasteiger partial charge in [0, 0.05) is 18.5 Å². The molecule has 0 unspecified atom stereocenters. The summed E-state index contributed by atoms with van der Waals surface area (Å²) in [7, 11) is 0. The third-order valence-corrected chi connectivity index (χ3v) is 1.62. The molecule has 1 rings (SSSR count). The largest absolute Gasteiger partial charge is 0.457 e. The van der Waals surface area contributed by atoms with Crippen LogP contribution >= 0.6 is 0 Å². The Morgan fingerprint density at radius 3 is 3.00 bits per heavy atom. The Hall–Kier alpha value is -0.830. The average molecular weight is 141 g/mol. The summed E-state index contributed by atoms with van der Waals surface area (Å²) in [6.45, 7) is 2.37. The average Bonchev–Trinajstić information content (AvgIpc) is 1.94. The van der Waals surface area contributed by atoms with E-state index in [4.69, 9.17) is 10.5 Å². The number of hydrogen-bond donors (Lipinski definition) is 1. The highest BCUT2D eigenvalue weighted by atomic mass is 16.5. The van der Waals surface area contributed by atoms with Gasteiger partial charge in [0.2, 0.25) is 0 Å². The Morgan fingerprint density at radius 2 is 2.50 bits per heavy atom. The predicted octanol–water partition coefficient (Wildman–Crippen LogP) is 0.0628. The number of hydrogen-bond acceptors (Lipinski definition) is 3. The molecule has 56 valence electrons. The minimum atomic E-state index is -0.284. The molecule has 0 aromatic rings. The highest BCUT2D eigenvalue weighted by Gasteiger charge is 2.20. The smallest absolute Gasteiger partial charge is 0.330 e. The van der Waals surface area contributed by atoms with Crippen LogP contribution in [-0.4, -0.2) is 18.6 Å². The number of carbonyl (C=O) groups excluding carboxylic acids is 1. The van der Waals surface area contributed by atoms with Crippen molar-refractivity contribution in [2.45, 2.75) is 13.0 Å². The Labute approximate surface area is 59.8 Å². The molecule has 10 heavy (non-hydrogen) atoms. The first-order chi connectivity index (χ1) is 4.74. The second kappa shape index (κ2) is 2.84. The lowest BCUT2D eigenvalue weighted by atomic mass is 10.0. The molecule has 0 aliphatic carbocycles. The second-order valence-electron chi connectivity index (χ2n) is 2.43. The van der Waals surface area contributed by atoms with Crippen LogP contribution in [0.25, 0.3) is 0 Å². The minimum absolute atomic E-state index is 0.127. The molecule has 3 nitrogen and oxygen atoms in total. The maximum Gasteiger partial charge on any atom is 0.330 e. The first kappa shape index (κ1) is 7.28. The van der Waals surface area contributed by atoms with E-state index >= 15 is 0 Å². The summed E-state index contributed by atoms with van der Waals surface area (Å²) < 4.78 is 4.90. The van der Waals surface area contributed by atoms with E-state index in [1.165, 1.54) is 6.08 Å². The first-order valence-electron chi connectivity index (χ1n) is 3.33. The summed E-state index contributed by atoms with van der Waals surface area (Å²) in [5.74, 6) is -0.0312. The van der Waals surface area contributed by atoms with Crippen LogP contribution in [0.3, 0.4) is 0 Å². The van der Waals surface area contributed by atoms with E-state index in [-0.39, 0.29) is 18.0 Å². The van der Waals surface area contributed by atoms with Crippen LogP contribution in [-0.2, 0) is 9.53 Å². The molecular formula is C7H11NO2. The predicted molar refractivity (Wildman–Crippen MR) is 37.2 cm³/mol. The molecule has 0 bridgehead atoms. The normalized spacial score (nSPS) is 32.0. The lowest BCUT2D eigenvalue weighted by Gasteiger charge is -2.22. The zero-order chi connectivity index (χ0) is 7.56. The van der Waals surface area contributed by atoms with Crippen molar-refractivity contribution in [2.75, 3.05) is 6.54 Å². The van der Waals surface area contributed by atoms with Crippen LogP contribution in [0.5, 0.6) is 0 Å². The Morgan fingerprint density at radius 1 is 1.80 bits per heavy atom. The van der Waals surface area contributed by atoms with Crippen molar-refractivity contribution >= 4 is 5.97 Å². The van der Waals surface area contributed by atoms with Gasteiger partial charge in [0.1, 0.15) is 6.10 Å². The summed E-state index contributed by atoms with van der Waals surface area (Å²) in [6.07, 6.45) is 3.14. The molecular weight excluding hydrogens is 130 g/mol. The zero-order valence-corrected chi connectivity index (χ0v) is 5.91. The van der Waals surface area contributed by atoms with Gasteiger partial charge in [0.15, 0.2) is 0 Å². The van der Waals surface area contributed by atoms with E-state index < -0.39 is 0 Å². The van der Waals surface area contributed by atoms with Gasteiger partial charge in [-0.25, -0.2) is 4.79 Å².